The average molecular weight is 351 g/mol. The van der Waals surface area contributed by atoms with Crippen molar-refractivity contribution < 1.29 is 16.8 Å². The standard InChI is InChI=1S/C11H17N3O4S3/c1-3-5-14-7-9(13-4-2)8-6-10(20(12,15)16)19-11(8)21(14,17)18/h3,6,9,13H,1,4-5,7H2,2H3,(H2,12,15,16). The van der Waals surface area contributed by atoms with E-state index in [4.69, 9.17) is 5.14 Å². The molecule has 0 saturated heterocycles. The van der Waals surface area contributed by atoms with Crippen molar-refractivity contribution in [3.05, 3.63) is 24.3 Å². The third-order valence-electron chi connectivity index (χ3n) is 3.10. The molecule has 0 saturated carbocycles. The average Bonchev–Trinajstić information content (AvgIpc) is 2.82. The highest BCUT2D eigenvalue weighted by Gasteiger charge is 2.39. The van der Waals surface area contributed by atoms with Crippen molar-refractivity contribution in [2.75, 3.05) is 19.6 Å². The zero-order valence-corrected chi connectivity index (χ0v) is 13.9. The van der Waals surface area contributed by atoms with E-state index in [1.54, 1.807) is 0 Å². The second-order valence-corrected chi connectivity index (χ2v) is 9.55. The molecule has 0 aromatic carbocycles. The summed E-state index contributed by atoms with van der Waals surface area (Å²) in [6, 6.07) is 1.09. The van der Waals surface area contributed by atoms with Crippen molar-refractivity contribution in [1.82, 2.24) is 9.62 Å². The predicted octanol–water partition coefficient (Wildman–Crippen LogP) is 0.236. The molecule has 2 rings (SSSR count). The minimum Gasteiger partial charge on any atom is -0.309 e. The lowest BCUT2D eigenvalue weighted by molar-refractivity contribution is 0.365. The van der Waals surface area contributed by atoms with Gasteiger partial charge in [-0.05, 0) is 12.6 Å². The molecule has 1 aromatic heterocycles. The van der Waals surface area contributed by atoms with Crippen LogP contribution in [0.3, 0.4) is 0 Å². The Morgan fingerprint density at radius 2 is 2.29 bits per heavy atom. The number of thiophene rings is 1. The van der Waals surface area contributed by atoms with E-state index in [0.29, 0.717) is 23.4 Å². The van der Waals surface area contributed by atoms with Gasteiger partial charge in [-0.3, -0.25) is 0 Å². The number of nitrogens with zero attached hydrogens (tertiary/aromatic N) is 1. The number of likely N-dealkylation sites (N-methyl/N-ethyl adjacent to an activating group) is 1. The summed E-state index contributed by atoms with van der Waals surface area (Å²) in [7, 11) is -7.64. The zero-order chi connectivity index (χ0) is 15.8. The number of primary sulfonamides is 1. The van der Waals surface area contributed by atoms with Crippen LogP contribution in [0.1, 0.15) is 18.5 Å². The van der Waals surface area contributed by atoms with Gasteiger partial charge in [0.1, 0.15) is 8.42 Å². The monoisotopic (exact) mass is 351 g/mol. The molecule has 1 atom stereocenters. The van der Waals surface area contributed by atoms with E-state index < -0.39 is 20.0 Å². The van der Waals surface area contributed by atoms with Gasteiger partial charge in [-0.15, -0.1) is 17.9 Å². The van der Waals surface area contributed by atoms with Crippen LogP contribution in [0.2, 0.25) is 0 Å². The van der Waals surface area contributed by atoms with E-state index in [-0.39, 0.29) is 27.5 Å². The van der Waals surface area contributed by atoms with Gasteiger partial charge in [-0.1, -0.05) is 13.0 Å². The van der Waals surface area contributed by atoms with Gasteiger partial charge in [0, 0.05) is 24.7 Å². The first-order valence-corrected chi connectivity index (χ1v) is 10.0. The van der Waals surface area contributed by atoms with Crippen LogP contribution in [0.4, 0.5) is 0 Å². The third kappa shape index (κ3) is 3.05. The Labute approximate surface area is 128 Å². The number of hydrogen-bond donors (Lipinski definition) is 2. The van der Waals surface area contributed by atoms with Gasteiger partial charge in [0.2, 0.25) is 10.0 Å². The largest absolute Gasteiger partial charge is 0.309 e. The molecule has 0 spiro atoms. The molecular weight excluding hydrogens is 334 g/mol. The summed E-state index contributed by atoms with van der Waals surface area (Å²) >= 11 is 0.692. The Hall–Kier alpha value is -0.780. The number of rotatable bonds is 5. The lowest BCUT2D eigenvalue weighted by Crippen LogP contribution is -2.43. The number of fused-ring (bicyclic) bond motifs is 1. The molecule has 0 fully saturated rings. The number of hydrogen-bond acceptors (Lipinski definition) is 6. The van der Waals surface area contributed by atoms with Crippen LogP contribution in [0.15, 0.2) is 27.1 Å². The molecule has 21 heavy (non-hydrogen) atoms. The molecular formula is C11H17N3O4S3. The maximum atomic E-state index is 12.5. The van der Waals surface area contributed by atoms with E-state index in [1.807, 2.05) is 6.92 Å². The fourth-order valence-corrected chi connectivity index (χ4v) is 6.44. The van der Waals surface area contributed by atoms with Gasteiger partial charge < -0.3 is 5.32 Å². The first kappa shape index (κ1) is 16.6. The molecule has 10 heteroatoms. The van der Waals surface area contributed by atoms with Crippen molar-refractivity contribution in [2.45, 2.75) is 21.4 Å². The highest BCUT2D eigenvalue weighted by atomic mass is 32.3. The van der Waals surface area contributed by atoms with Crippen LogP contribution in [0.5, 0.6) is 0 Å². The first-order valence-electron chi connectivity index (χ1n) is 6.22. The van der Waals surface area contributed by atoms with Crippen molar-refractivity contribution in [3.63, 3.8) is 0 Å². The van der Waals surface area contributed by atoms with Crippen LogP contribution in [0, 0.1) is 0 Å². The quantitative estimate of drug-likeness (QED) is 0.738. The number of sulfonamides is 2. The molecule has 1 aliphatic heterocycles. The summed E-state index contributed by atoms with van der Waals surface area (Å²) in [6.07, 6.45) is 1.50. The minimum atomic E-state index is -3.93. The SMILES string of the molecule is C=CCN1CC(NCC)c2cc(S(N)(=O)=O)sc2S1(=O)=O. The molecule has 0 bridgehead atoms. The predicted molar refractivity (Wildman–Crippen MR) is 81.1 cm³/mol. The topological polar surface area (TPSA) is 110 Å². The molecule has 118 valence electrons. The lowest BCUT2D eigenvalue weighted by Gasteiger charge is -2.31. The highest BCUT2D eigenvalue weighted by Crippen LogP contribution is 2.39. The second-order valence-electron chi connectivity index (χ2n) is 4.57. The third-order valence-corrected chi connectivity index (χ3v) is 8.03. The highest BCUT2D eigenvalue weighted by molar-refractivity contribution is 7.94. The number of nitrogens with two attached hydrogens (primary N) is 1. The lowest BCUT2D eigenvalue weighted by atomic mass is 10.1. The van der Waals surface area contributed by atoms with Gasteiger partial charge in [0.05, 0.1) is 0 Å². The molecule has 1 aromatic rings. The smallest absolute Gasteiger partial charge is 0.253 e. The Kier molecular flexibility index (Phi) is 4.57. The van der Waals surface area contributed by atoms with Gasteiger partial charge in [0.25, 0.3) is 10.0 Å². The molecule has 1 aliphatic rings. The Morgan fingerprint density at radius 3 is 2.81 bits per heavy atom. The Morgan fingerprint density at radius 1 is 1.62 bits per heavy atom. The minimum absolute atomic E-state index is 0.0329. The fraction of sp³-hybridized carbons (Fsp3) is 0.455. The summed E-state index contributed by atoms with van der Waals surface area (Å²) in [6.45, 7) is 6.49. The van der Waals surface area contributed by atoms with Crippen molar-refractivity contribution in [2.24, 2.45) is 5.14 Å². The normalized spacial score (nSPS) is 21.9. The van der Waals surface area contributed by atoms with Crippen molar-refractivity contribution in [1.29, 1.82) is 0 Å². The maximum absolute atomic E-state index is 12.5. The van der Waals surface area contributed by atoms with Crippen LogP contribution in [-0.4, -0.2) is 40.8 Å². The van der Waals surface area contributed by atoms with E-state index in [1.165, 1.54) is 16.4 Å². The van der Waals surface area contributed by atoms with Crippen molar-refractivity contribution in [3.8, 4) is 0 Å². The van der Waals surface area contributed by atoms with Gasteiger partial charge in [-0.25, -0.2) is 22.0 Å². The van der Waals surface area contributed by atoms with E-state index in [2.05, 4.69) is 11.9 Å². The maximum Gasteiger partial charge on any atom is 0.253 e. The fourth-order valence-electron chi connectivity index (χ4n) is 2.21. The molecule has 2 heterocycles. The van der Waals surface area contributed by atoms with Gasteiger partial charge in [-0.2, -0.15) is 4.31 Å². The summed E-state index contributed by atoms with van der Waals surface area (Å²) in [5.41, 5.74) is 0.464. The molecule has 0 radical (unpaired) electrons. The summed E-state index contributed by atoms with van der Waals surface area (Å²) in [5, 5.41) is 8.27. The van der Waals surface area contributed by atoms with E-state index >= 15 is 0 Å². The van der Waals surface area contributed by atoms with Crippen LogP contribution >= 0.6 is 11.3 Å². The summed E-state index contributed by atoms with van der Waals surface area (Å²) < 4.78 is 49.1. The first-order chi connectivity index (χ1) is 9.71. The van der Waals surface area contributed by atoms with Crippen LogP contribution < -0.4 is 10.5 Å². The van der Waals surface area contributed by atoms with Gasteiger partial charge >= 0.3 is 0 Å². The molecule has 0 amide bonds. The molecule has 3 N–H and O–H groups in total. The summed E-state index contributed by atoms with van der Waals surface area (Å²) in [5.74, 6) is 0. The number of nitrogens with one attached hydrogen (secondary N) is 1. The Bertz CT molecular complexity index is 752. The molecule has 1 unspecified atom stereocenters. The molecule has 7 nitrogen and oxygen atoms in total. The summed E-state index contributed by atoms with van der Waals surface area (Å²) in [4.78, 5) is 0. The van der Waals surface area contributed by atoms with E-state index in [0.717, 1.165) is 0 Å². The van der Waals surface area contributed by atoms with Crippen LogP contribution in [0.25, 0.3) is 0 Å². The zero-order valence-electron chi connectivity index (χ0n) is 11.4. The second kappa shape index (κ2) is 5.78. The van der Waals surface area contributed by atoms with E-state index in [9.17, 15) is 16.8 Å². The molecule has 0 aliphatic carbocycles. The Balaban J connectivity index is 2.62. The van der Waals surface area contributed by atoms with Crippen LogP contribution in [-0.2, 0) is 20.0 Å². The van der Waals surface area contributed by atoms with Crippen molar-refractivity contribution >= 4 is 31.4 Å². The van der Waals surface area contributed by atoms with Gasteiger partial charge in [0.15, 0.2) is 0 Å².